The summed E-state index contributed by atoms with van der Waals surface area (Å²) >= 11 is 0. The number of carboxylic acid groups (broad SMARTS) is 1. The monoisotopic (exact) mass is 751 g/mol. The molecule has 3 aliphatic carbocycles. The number of allylic oxidation sites excluding steroid dienone is 1. The number of ether oxygens (including phenoxy) is 2. The quantitative estimate of drug-likeness (QED) is 0.272. The number of hydrogen-bond acceptors (Lipinski definition) is 9. The summed E-state index contributed by atoms with van der Waals surface area (Å²) in [5.74, 6) is -1.76. The first-order chi connectivity index (χ1) is 25.2. The van der Waals surface area contributed by atoms with Crippen molar-refractivity contribution in [1.82, 2.24) is 25.2 Å². The van der Waals surface area contributed by atoms with Gasteiger partial charge in [0.25, 0.3) is 5.91 Å². The highest BCUT2D eigenvalue weighted by molar-refractivity contribution is 7.91. The summed E-state index contributed by atoms with van der Waals surface area (Å²) in [5, 5.41) is 16.7. The normalized spacial score (nSPS) is 31.9. The van der Waals surface area contributed by atoms with Crippen LogP contribution in [0.1, 0.15) is 85.0 Å². The second-order valence-electron chi connectivity index (χ2n) is 15.9. The van der Waals surface area contributed by atoms with Gasteiger partial charge in [-0.05, 0) is 76.2 Å². The lowest BCUT2D eigenvalue weighted by molar-refractivity contribution is -0.142. The van der Waals surface area contributed by atoms with E-state index in [2.05, 4.69) is 27.3 Å². The molecule has 1 aromatic carbocycles. The van der Waals surface area contributed by atoms with Crippen molar-refractivity contribution in [2.75, 3.05) is 6.54 Å². The van der Waals surface area contributed by atoms with Crippen molar-refractivity contribution in [1.29, 1.82) is 0 Å². The van der Waals surface area contributed by atoms with E-state index in [1.165, 1.54) is 4.90 Å². The SMILES string of the molecule is CC[C@@H]1C[C@H](C)CC/C=C\[C@@H]2C[C@@]2(C(=O)NS(=O)(=O)C2(C)CC2)NC(=O)[C@@H]2C[C@@H](Oc3ncc(OC4CC4)c4ccccc34)CN2C(=O)[C@H]1NC(=O)O. The Hall–Kier alpha value is -4.40. The van der Waals surface area contributed by atoms with E-state index in [0.717, 1.165) is 24.6 Å². The molecule has 1 saturated heterocycles. The van der Waals surface area contributed by atoms with Crippen molar-refractivity contribution in [2.24, 2.45) is 17.8 Å². The first-order valence-electron chi connectivity index (χ1n) is 18.8. The molecular formula is C38H49N5O9S. The summed E-state index contributed by atoms with van der Waals surface area (Å²) in [6.45, 7) is 5.50. The molecule has 4 amide bonds. The third-order valence-corrected chi connectivity index (χ3v) is 13.9. The lowest BCUT2D eigenvalue weighted by atomic mass is 9.85. The highest BCUT2D eigenvalue weighted by Crippen LogP contribution is 2.48. The van der Waals surface area contributed by atoms with Crippen molar-refractivity contribution in [3.8, 4) is 11.6 Å². The van der Waals surface area contributed by atoms with E-state index in [0.29, 0.717) is 49.1 Å². The molecule has 0 radical (unpaired) electrons. The van der Waals surface area contributed by atoms with Gasteiger partial charge in [-0.1, -0.05) is 50.6 Å². The fourth-order valence-corrected chi connectivity index (χ4v) is 9.11. The van der Waals surface area contributed by atoms with E-state index in [4.69, 9.17) is 9.47 Å². The number of benzene rings is 1. The number of fused-ring (bicyclic) bond motifs is 3. The largest absolute Gasteiger partial charge is 0.488 e. The summed E-state index contributed by atoms with van der Waals surface area (Å²) in [5.41, 5.74) is -1.54. The molecule has 0 bridgehead atoms. The number of nitrogens with one attached hydrogen (secondary N) is 3. The van der Waals surface area contributed by atoms with Gasteiger partial charge >= 0.3 is 6.09 Å². The molecule has 0 spiro atoms. The van der Waals surface area contributed by atoms with Gasteiger partial charge in [0.1, 0.15) is 29.5 Å². The molecule has 4 fully saturated rings. The number of aromatic nitrogens is 1. The minimum atomic E-state index is -4.00. The van der Waals surface area contributed by atoms with Crippen molar-refractivity contribution in [2.45, 2.75) is 120 Å². The standard InChI is InChI=1S/C38H49N5O9S/c1-4-23-17-22(2)9-5-6-10-24-19-38(24,35(46)42-53(49,50)37(3)15-16-37)41-32(44)29-18-26(21-43(29)34(45)31(23)40-36(47)48)52-33-28-12-8-7-11-27(28)30(20-39-33)51-25-13-14-25/h6-8,10-12,20,22-26,29,31,40H,4-5,9,13-19,21H2,1-3H3,(H,41,44)(H,42,46)(H,47,48)/b10-6-/t22-,23-,24-,26-,29+,31+,38-/m1/s1. The molecule has 4 N–H and O–H groups in total. The number of pyridine rings is 1. The summed E-state index contributed by atoms with van der Waals surface area (Å²) in [6.07, 6.45) is 9.03. The van der Waals surface area contributed by atoms with Crippen molar-refractivity contribution in [3.63, 3.8) is 0 Å². The predicted molar refractivity (Wildman–Crippen MR) is 194 cm³/mol. The highest BCUT2D eigenvalue weighted by atomic mass is 32.2. The van der Waals surface area contributed by atoms with Crippen LogP contribution in [0.5, 0.6) is 11.6 Å². The van der Waals surface area contributed by atoms with E-state index in [9.17, 15) is 32.7 Å². The molecule has 3 saturated carbocycles. The van der Waals surface area contributed by atoms with Crippen molar-refractivity contribution < 1.29 is 42.2 Å². The minimum Gasteiger partial charge on any atom is -0.488 e. The van der Waals surface area contributed by atoms with Crippen LogP contribution in [0.2, 0.25) is 0 Å². The smallest absolute Gasteiger partial charge is 0.405 e. The van der Waals surface area contributed by atoms with E-state index >= 15 is 0 Å². The molecule has 3 heterocycles. The molecular weight excluding hydrogens is 703 g/mol. The number of rotatable bonds is 9. The third-order valence-electron chi connectivity index (χ3n) is 11.7. The zero-order chi connectivity index (χ0) is 37.7. The number of amides is 4. The first kappa shape index (κ1) is 36.9. The molecule has 15 heteroatoms. The second kappa shape index (κ2) is 14.1. The molecule has 53 heavy (non-hydrogen) atoms. The number of carbonyl (C=O) groups is 4. The Labute approximate surface area is 309 Å². The predicted octanol–water partition coefficient (Wildman–Crippen LogP) is 4.04. The Morgan fingerprint density at radius 2 is 1.81 bits per heavy atom. The second-order valence-corrected chi connectivity index (χ2v) is 18.1. The third kappa shape index (κ3) is 7.54. The van der Waals surface area contributed by atoms with E-state index in [1.54, 1.807) is 13.1 Å². The Morgan fingerprint density at radius 1 is 1.08 bits per heavy atom. The van der Waals surface area contributed by atoms with Gasteiger partial charge in [0.15, 0.2) is 0 Å². The van der Waals surface area contributed by atoms with Gasteiger partial charge in [0.2, 0.25) is 27.7 Å². The Morgan fingerprint density at radius 3 is 2.49 bits per heavy atom. The molecule has 1 aromatic heterocycles. The van der Waals surface area contributed by atoms with Crippen LogP contribution in [0, 0.1) is 17.8 Å². The lowest BCUT2D eigenvalue weighted by Crippen LogP contribution is -2.59. The van der Waals surface area contributed by atoms with Gasteiger partial charge in [-0.25, -0.2) is 18.2 Å². The Balaban J connectivity index is 1.22. The topological polar surface area (TPSA) is 193 Å². The average molecular weight is 752 g/mol. The number of nitrogens with zero attached hydrogens (tertiary/aromatic N) is 2. The summed E-state index contributed by atoms with van der Waals surface area (Å²) in [7, 11) is -4.00. The van der Waals surface area contributed by atoms with Gasteiger partial charge in [0.05, 0.1) is 23.6 Å². The van der Waals surface area contributed by atoms with Crippen LogP contribution in [0.3, 0.4) is 0 Å². The van der Waals surface area contributed by atoms with Crippen LogP contribution < -0.4 is 24.8 Å². The molecule has 5 aliphatic rings. The summed E-state index contributed by atoms with van der Waals surface area (Å²) in [6, 6.07) is 5.24. The van der Waals surface area contributed by atoms with Crippen LogP contribution in [0.15, 0.2) is 42.6 Å². The zero-order valence-corrected chi connectivity index (χ0v) is 31.2. The zero-order valence-electron chi connectivity index (χ0n) is 30.4. The van der Waals surface area contributed by atoms with E-state index in [1.807, 2.05) is 43.3 Å². The first-order valence-corrected chi connectivity index (χ1v) is 20.3. The molecule has 286 valence electrons. The van der Waals surface area contributed by atoms with Crippen LogP contribution in [0.25, 0.3) is 10.8 Å². The molecule has 7 rings (SSSR count). The van der Waals surface area contributed by atoms with Crippen molar-refractivity contribution in [3.05, 3.63) is 42.6 Å². The van der Waals surface area contributed by atoms with Crippen LogP contribution >= 0.6 is 0 Å². The fourth-order valence-electron chi connectivity index (χ4n) is 7.80. The molecule has 2 aliphatic heterocycles. The fraction of sp³-hybridized carbons (Fsp3) is 0.605. The average Bonchev–Trinajstić information content (AvgIpc) is 4.07. The maximum atomic E-state index is 14.6. The summed E-state index contributed by atoms with van der Waals surface area (Å²) < 4.78 is 40.0. The molecule has 2 aromatic rings. The van der Waals surface area contributed by atoms with E-state index in [-0.39, 0.29) is 37.3 Å². The Kier molecular flexibility index (Phi) is 9.83. The van der Waals surface area contributed by atoms with Crippen LogP contribution in [-0.4, -0.2) is 88.3 Å². The molecule has 7 atom stereocenters. The summed E-state index contributed by atoms with van der Waals surface area (Å²) in [4.78, 5) is 60.8. The van der Waals surface area contributed by atoms with Gasteiger partial charge in [-0.3, -0.25) is 19.1 Å². The number of sulfonamides is 1. The van der Waals surface area contributed by atoms with E-state index < -0.39 is 68.2 Å². The number of carbonyl (C=O) groups excluding carboxylic acids is 3. The van der Waals surface area contributed by atoms with Crippen molar-refractivity contribution >= 4 is 44.6 Å². The van der Waals surface area contributed by atoms with Crippen LogP contribution in [0.4, 0.5) is 4.79 Å². The van der Waals surface area contributed by atoms with Gasteiger partial charge < -0.3 is 30.1 Å². The van der Waals surface area contributed by atoms with Gasteiger partial charge in [-0.15, -0.1) is 0 Å². The number of hydrogen-bond donors (Lipinski definition) is 4. The lowest BCUT2D eigenvalue weighted by Gasteiger charge is -2.33. The van der Waals surface area contributed by atoms with Gasteiger partial charge in [-0.2, -0.15) is 0 Å². The maximum Gasteiger partial charge on any atom is 0.405 e. The Bertz CT molecular complexity index is 1930. The molecule has 14 nitrogen and oxygen atoms in total. The van der Waals surface area contributed by atoms with Crippen LogP contribution in [-0.2, 0) is 24.4 Å². The minimum absolute atomic E-state index is 0.0233. The maximum absolute atomic E-state index is 14.6. The molecule has 0 unspecified atom stereocenters. The highest BCUT2D eigenvalue weighted by Gasteiger charge is 2.63. The van der Waals surface area contributed by atoms with Gasteiger partial charge in [0, 0.05) is 23.1 Å².